The lowest BCUT2D eigenvalue weighted by atomic mass is 9.79. The molecule has 0 bridgehead atoms. The molecule has 0 aromatic heterocycles. The summed E-state index contributed by atoms with van der Waals surface area (Å²) >= 11 is 0. The Morgan fingerprint density at radius 3 is 2.59 bits per heavy atom. The van der Waals surface area contributed by atoms with Crippen LogP contribution in [0.4, 0.5) is 0 Å². The van der Waals surface area contributed by atoms with Gasteiger partial charge in [-0.05, 0) is 57.7 Å². The van der Waals surface area contributed by atoms with Gasteiger partial charge in [-0.1, -0.05) is 6.92 Å². The molecule has 2 unspecified atom stereocenters. The predicted molar refractivity (Wildman–Crippen MR) is 71.2 cm³/mol. The van der Waals surface area contributed by atoms with Crippen molar-refractivity contribution >= 4 is 0 Å². The zero-order chi connectivity index (χ0) is 12.3. The van der Waals surface area contributed by atoms with Crippen molar-refractivity contribution in [2.45, 2.75) is 39.2 Å². The lowest BCUT2D eigenvalue weighted by Crippen LogP contribution is -2.41. The zero-order valence-electron chi connectivity index (χ0n) is 11.7. The number of rotatable bonds is 4. The molecule has 2 rings (SSSR count). The first-order valence-electron chi connectivity index (χ1n) is 7.13. The molecule has 2 aliphatic heterocycles. The van der Waals surface area contributed by atoms with Gasteiger partial charge in [-0.3, -0.25) is 4.90 Å². The standard InChI is InChI=1S/C14H28N2O/c1-12(10-15-3)13(2)16-7-4-14(11-16)5-8-17-9-6-14/h12-13,15H,4-11H2,1-3H3. The van der Waals surface area contributed by atoms with Crippen LogP contribution in [0.3, 0.4) is 0 Å². The van der Waals surface area contributed by atoms with Gasteiger partial charge >= 0.3 is 0 Å². The Morgan fingerprint density at radius 2 is 1.94 bits per heavy atom. The molecule has 2 atom stereocenters. The average molecular weight is 240 g/mol. The summed E-state index contributed by atoms with van der Waals surface area (Å²) in [6.07, 6.45) is 3.93. The van der Waals surface area contributed by atoms with E-state index in [9.17, 15) is 0 Å². The summed E-state index contributed by atoms with van der Waals surface area (Å²) in [7, 11) is 2.05. The normalized spacial score (nSPS) is 28.4. The van der Waals surface area contributed by atoms with Crippen LogP contribution in [-0.2, 0) is 4.74 Å². The molecular formula is C14H28N2O. The van der Waals surface area contributed by atoms with E-state index in [-0.39, 0.29) is 0 Å². The Morgan fingerprint density at radius 1 is 1.24 bits per heavy atom. The van der Waals surface area contributed by atoms with Crippen molar-refractivity contribution in [1.82, 2.24) is 10.2 Å². The molecule has 100 valence electrons. The second-order valence-electron chi connectivity index (χ2n) is 6.11. The maximum Gasteiger partial charge on any atom is 0.0471 e. The molecule has 2 saturated heterocycles. The van der Waals surface area contributed by atoms with Crippen LogP contribution < -0.4 is 5.32 Å². The fourth-order valence-corrected chi connectivity index (χ4v) is 3.38. The molecule has 17 heavy (non-hydrogen) atoms. The maximum absolute atomic E-state index is 5.51. The highest BCUT2D eigenvalue weighted by Gasteiger charge is 2.41. The van der Waals surface area contributed by atoms with Gasteiger partial charge < -0.3 is 10.1 Å². The fourth-order valence-electron chi connectivity index (χ4n) is 3.38. The van der Waals surface area contributed by atoms with E-state index in [4.69, 9.17) is 4.74 Å². The van der Waals surface area contributed by atoms with E-state index in [0.29, 0.717) is 11.5 Å². The third-order valence-corrected chi connectivity index (χ3v) is 4.95. The smallest absolute Gasteiger partial charge is 0.0471 e. The van der Waals surface area contributed by atoms with Crippen molar-refractivity contribution in [1.29, 1.82) is 0 Å². The van der Waals surface area contributed by atoms with Gasteiger partial charge in [-0.15, -0.1) is 0 Å². The molecule has 3 nitrogen and oxygen atoms in total. The molecule has 3 heteroatoms. The maximum atomic E-state index is 5.51. The van der Waals surface area contributed by atoms with E-state index in [0.717, 1.165) is 25.7 Å². The lowest BCUT2D eigenvalue weighted by Gasteiger charge is -2.35. The van der Waals surface area contributed by atoms with Gasteiger partial charge in [0.25, 0.3) is 0 Å². The van der Waals surface area contributed by atoms with Gasteiger partial charge in [0.15, 0.2) is 0 Å². The number of nitrogens with zero attached hydrogens (tertiary/aromatic N) is 1. The quantitative estimate of drug-likeness (QED) is 0.810. The van der Waals surface area contributed by atoms with Crippen LogP contribution in [0.1, 0.15) is 33.1 Å². The highest BCUT2D eigenvalue weighted by molar-refractivity contribution is 4.93. The molecular weight excluding hydrogens is 212 g/mol. The van der Waals surface area contributed by atoms with E-state index in [1.165, 1.54) is 32.4 Å². The van der Waals surface area contributed by atoms with Gasteiger partial charge in [0.2, 0.25) is 0 Å². The SMILES string of the molecule is CNCC(C)C(C)N1CCC2(CCOCC2)C1. The molecule has 2 fully saturated rings. The largest absolute Gasteiger partial charge is 0.381 e. The molecule has 0 saturated carbocycles. The summed E-state index contributed by atoms with van der Waals surface area (Å²) in [6.45, 7) is 10.4. The summed E-state index contributed by atoms with van der Waals surface area (Å²) in [5, 5.41) is 3.30. The minimum atomic E-state index is 0.589. The number of likely N-dealkylation sites (tertiary alicyclic amines) is 1. The highest BCUT2D eigenvalue weighted by Crippen LogP contribution is 2.40. The first-order valence-corrected chi connectivity index (χ1v) is 7.13. The minimum absolute atomic E-state index is 0.589. The van der Waals surface area contributed by atoms with E-state index in [2.05, 4.69) is 24.1 Å². The first kappa shape index (κ1) is 13.3. The molecule has 0 aliphatic carbocycles. The molecule has 0 amide bonds. The van der Waals surface area contributed by atoms with Crippen LogP contribution in [-0.4, -0.2) is 50.8 Å². The number of hydrogen-bond acceptors (Lipinski definition) is 3. The monoisotopic (exact) mass is 240 g/mol. The molecule has 1 spiro atoms. The van der Waals surface area contributed by atoms with Crippen LogP contribution in [0.2, 0.25) is 0 Å². The molecule has 0 radical (unpaired) electrons. The Balaban J connectivity index is 1.88. The van der Waals surface area contributed by atoms with Gasteiger partial charge in [-0.25, -0.2) is 0 Å². The summed E-state index contributed by atoms with van der Waals surface area (Å²) in [6, 6.07) is 0.699. The van der Waals surface area contributed by atoms with Gasteiger partial charge in [0.1, 0.15) is 0 Å². The Bertz CT molecular complexity index is 238. The lowest BCUT2D eigenvalue weighted by molar-refractivity contribution is 0.0161. The van der Waals surface area contributed by atoms with Crippen molar-refractivity contribution in [3.63, 3.8) is 0 Å². The second-order valence-corrected chi connectivity index (χ2v) is 6.11. The van der Waals surface area contributed by atoms with Crippen LogP contribution in [0.25, 0.3) is 0 Å². The third-order valence-electron chi connectivity index (χ3n) is 4.95. The van der Waals surface area contributed by atoms with Crippen LogP contribution in [0.15, 0.2) is 0 Å². The van der Waals surface area contributed by atoms with Crippen LogP contribution >= 0.6 is 0 Å². The van der Waals surface area contributed by atoms with Crippen molar-refractivity contribution < 1.29 is 4.74 Å². The molecule has 2 aliphatic rings. The molecule has 0 aromatic rings. The third kappa shape index (κ3) is 3.01. The summed E-state index contributed by atoms with van der Waals surface area (Å²) in [5.41, 5.74) is 0.589. The summed E-state index contributed by atoms with van der Waals surface area (Å²) in [4.78, 5) is 2.70. The van der Waals surface area contributed by atoms with Crippen molar-refractivity contribution in [3.8, 4) is 0 Å². The van der Waals surface area contributed by atoms with Crippen molar-refractivity contribution in [2.75, 3.05) is 39.9 Å². The van der Waals surface area contributed by atoms with E-state index < -0.39 is 0 Å². The Kier molecular flexibility index (Phi) is 4.45. The predicted octanol–water partition coefficient (Wildman–Crippen LogP) is 1.73. The second kappa shape index (κ2) is 5.68. The van der Waals surface area contributed by atoms with Crippen molar-refractivity contribution in [2.24, 2.45) is 11.3 Å². The van der Waals surface area contributed by atoms with Crippen LogP contribution in [0, 0.1) is 11.3 Å². The summed E-state index contributed by atoms with van der Waals surface area (Å²) in [5.74, 6) is 0.731. The van der Waals surface area contributed by atoms with Crippen LogP contribution in [0.5, 0.6) is 0 Å². The topological polar surface area (TPSA) is 24.5 Å². The van der Waals surface area contributed by atoms with E-state index >= 15 is 0 Å². The summed E-state index contributed by atoms with van der Waals surface area (Å²) < 4.78 is 5.51. The number of nitrogens with one attached hydrogen (secondary N) is 1. The van der Waals surface area contributed by atoms with E-state index in [1.54, 1.807) is 0 Å². The first-order chi connectivity index (χ1) is 8.17. The molecule has 2 heterocycles. The minimum Gasteiger partial charge on any atom is -0.381 e. The highest BCUT2D eigenvalue weighted by atomic mass is 16.5. The molecule has 0 aromatic carbocycles. The number of ether oxygens (including phenoxy) is 1. The van der Waals surface area contributed by atoms with Gasteiger partial charge in [-0.2, -0.15) is 0 Å². The Labute approximate surface area is 106 Å². The van der Waals surface area contributed by atoms with Gasteiger partial charge in [0.05, 0.1) is 0 Å². The fraction of sp³-hybridized carbons (Fsp3) is 1.00. The average Bonchev–Trinajstić information content (AvgIpc) is 2.73. The zero-order valence-corrected chi connectivity index (χ0v) is 11.7. The van der Waals surface area contributed by atoms with Gasteiger partial charge in [0, 0.05) is 25.8 Å². The van der Waals surface area contributed by atoms with Crippen molar-refractivity contribution in [3.05, 3.63) is 0 Å². The Hall–Kier alpha value is -0.120. The van der Waals surface area contributed by atoms with E-state index in [1.807, 2.05) is 7.05 Å². The number of hydrogen-bond donors (Lipinski definition) is 1. The molecule has 1 N–H and O–H groups in total.